The SMILES string of the molecule is COCC(N)C(=O)N(C)C1CCN(c2ccccc2)C1=O.Cl. The van der Waals surface area contributed by atoms with Crippen LogP contribution in [0.15, 0.2) is 30.3 Å². The summed E-state index contributed by atoms with van der Waals surface area (Å²) < 4.78 is 4.89. The van der Waals surface area contributed by atoms with Crippen molar-refractivity contribution in [3.8, 4) is 0 Å². The molecule has 2 atom stereocenters. The highest BCUT2D eigenvalue weighted by atomic mass is 35.5. The molecule has 2 amide bonds. The second kappa shape index (κ2) is 8.12. The van der Waals surface area contributed by atoms with E-state index in [1.54, 1.807) is 11.9 Å². The first-order valence-corrected chi connectivity index (χ1v) is 6.94. The van der Waals surface area contributed by atoms with E-state index in [2.05, 4.69) is 0 Å². The number of halogens is 1. The van der Waals surface area contributed by atoms with Gasteiger partial charge in [-0.15, -0.1) is 12.4 Å². The lowest BCUT2D eigenvalue weighted by molar-refractivity contribution is -0.138. The minimum atomic E-state index is -0.737. The van der Waals surface area contributed by atoms with Crippen LogP contribution < -0.4 is 10.6 Å². The number of nitrogens with two attached hydrogens (primary N) is 1. The molecular formula is C15H22ClN3O3. The minimum absolute atomic E-state index is 0. The first-order valence-electron chi connectivity index (χ1n) is 6.94. The summed E-state index contributed by atoms with van der Waals surface area (Å²) in [4.78, 5) is 27.8. The highest BCUT2D eigenvalue weighted by Gasteiger charge is 2.38. The van der Waals surface area contributed by atoms with Crippen molar-refractivity contribution < 1.29 is 14.3 Å². The van der Waals surface area contributed by atoms with Crippen LogP contribution in [0.25, 0.3) is 0 Å². The Balaban J connectivity index is 0.00000242. The third-order valence-electron chi connectivity index (χ3n) is 3.72. The number of carbonyl (C=O) groups is 2. The van der Waals surface area contributed by atoms with Gasteiger partial charge >= 0.3 is 0 Å². The number of likely N-dealkylation sites (N-methyl/N-ethyl adjacent to an activating group) is 1. The summed E-state index contributed by atoms with van der Waals surface area (Å²) in [5, 5.41) is 0. The average molecular weight is 328 g/mol. The Morgan fingerprint density at radius 3 is 2.68 bits per heavy atom. The summed E-state index contributed by atoms with van der Waals surface area (Å²) in [5.41, 5.74) is 6.60. The van der Waals surface area contributed by atoms with E-state index in [1.165, 1.54) is 12.0 Å². The number of hydrogen-bond acceptors (Lipinski definition) is 4. The van der Waals surface area contributed by atoms with Crippen molar-refractivity contribution in [2.24, 2.45) is 5.73 Å². The molecule has 7 heteroatoms. The van der Waals surface area contributed by atoms with Crippen LogP contribution in [0.4, 0.5) is 5.69 Å². The summed E-state index contributed by atoms with van der Waals surface area (Å²) in [6.45, 7) is 0.747. The number of carbonyl (C=O) groups excluding carboxylic acids is 2. The van der Waals surface area contributed by atoms with Gasteiger partial charge in [-0.3, -0.25) is 9.59 Å². The Hall–Kier alpha value is -1.63. The van der Waals surface area contributed by atoms with Gasteiger partial charge in [0.05, 0.1) is 6.61 Å². The van der Waals surface area contributed by atoms with Gasteiger partial charge in [-0.25, -0.2) is 0 Å². The second-order valence-electron chi connectivity index (χ2n) is 5.14. The van der Waals surface area contributed by atoms with Gasteiger partial charge in [0.25, 0.3) is 0 Å². The van der Waals surface area contributed by atoms with Crippen molar-refractivity contribution in [2.75, 3.05) is 32.2 Å². The molecule has 1 aromatic carbocycles. The molecule has 1 aliphatic rings. The Labute approximate surface area is 136 Å². The molecule has 2 unspecified atom stereocenters. The van der Waals surface area contributed by atoms with E-state index in [-0.39, 0.29) is 30.8 Å². The number of benzene rings is 1. The Bertz CT molecular complexity index is 512. The maximum absolute atomic E-state index is 12.5. The van der Waals surface area contributed by atoms with Gasteiger partial charge in [0.1, 0.15) is 12.1 Å². The van der Waals surface area contributed by atoms with Crippen LogP contribution in [-0.2, 0) is 14.3 Å². The Morgan fingerprint density at radius 2 is 2.09 bits per heavy atom. The largest absolute Gasteiger partial charge is 0.383 e. The van der Waals surface area contributed by atoms with E-state index in [1.807, 2.05) is 30.3 Å². The average Bonchev–Trinajstić information content (AvgIpc) is 2.88. The molecule has 2 rings (SSSR count). The van der Waals surface area contributed by atoms with Crippen molar-refractivity contribution >= 4 is 29.9 Å². The molecule has 0 aromatic heterocycles. The van der Waals surface area contributed by atoms with E-state index in [9.17, 15) is 9.59 Å². The normalized spacial score (nSPS) is 18.8. The summed E-state index contributed by atoms with van der Waals surface area (Å²) in [7, 11) is 3.11. The first kappa shape index (κ1) is 18.4. The van der Waals surface area contributed by atoms with Gasteiger partial charge in [0.15, 0.2) is 0 Å². The molecule has 1 aliphatic heterocycles. The molecule has 0 saturated carbocycles. The van der Waals surface area contributed by atoms with Crippen LogP contribution in [0.3, 0.4) is 0 Å². The quantitative estimate of drug-likeness (QED) is 0.861. The van der Waals surface area contributed by atoms with Gasteiger partial charge in [-0.1, -0.05) is 18.2 Å². The third kappa shape index (κ3) is 3.76. The van der Waals surface area contributed by atoms with E-state index in [4.69, 9.17) is 10.5 Å². The molecule has 0 aliphatic carbocycles. The molecule has 0 bridgehead atoms. The molecule has 1 saturated heterocycles. The summed E-state index contributed by atoms with van der Waals surface area (Å²) in [5.74, 6) is -0.341. The van der Waals surface area contributed by atoms with Crippen LogP contribution in [0.5, 0.6) is 0 Å². The Morgan fingerprint density at radius 1 is 1.45 bits per heavy atom. The van der Waals surface area contributed by atoms with Gasteiger partial charge in [-0.05, 0) is 18.6 Å². The van der Waals surface area contributed by atoms with Crippen LogP contribution >= 0.6 is 12.4 Å². The molecule has 6 nitrogen and oxygen atoms in total. The topological polar surface area (TPSA) is 75.9 Å². The van der Waals surface area contributed by atoms with Crippen LogP contribution in [0.2, 0.25) is 0 Å². The maximum Gasteiger partial charge on any atom is 0.249 e. The van der Waals surface area contributed by atoms with Crippen molar-refractivity contribution in [1.29, 1.82) is 0 Å². The lowest BCUT2D eigenvalue weighted by Gasteiger charge is -2.26. The standard InChI is InChI=1S/C15H21N3O3.ClH/c1-17(14(19)12(16)10-21-2)13-8-9-18(15(13)20)11-6-4-3-5-7-11;/h3-7,12-13H,8-10,16H2,1-2H3;1H. The first-order chi connectivity index (χ1) is 10.1. The zero-order chi connectivity index (χ0) is 15.4. The number of amides is 2. The Kier molecular flexibility index (Phi) is 6.80. The van der Waals surface area contributed by atoms with E-state index in [0.717, 1.165) is 5.69 Å². The van der Waals surface area contributed by atoms with Crippen LogP contribution in [0.1, 0.15) is 6.42 Å². The highest BCUT2D eigenvalue weighted by Crippen LogP contribution is 2.23. The van der Waals surface area contributed by atoms with Crippen LogP contribution in [0, 0.1) is 0 Å². The number of rotatable bonds is 5. The maximum atomic E-state index is 12.5. The number of anilines is 1. The number of ether oxygens (including phenoxy) is 1. The van der Waals surface area contributed by atoms with E-state index < -0.39 is 12.1 Å². The zero-order valence-electron chi connectivity index (χ0n) is 12.8. The zero-order valence-corrected chi connectivity index (χ0v) is 13.6. The molecule has 122 valence electrons. The predicted molar refractivity (Wildman–Crippen MR) is 87.1 cm³/mol. The second-order valence-corrected chi connectivity index (χ2v) is 5.14. The van der Waals surface area contributed by atoms with Crippen molar-refractivity contribution in [1.82, 2.24) is 4.90 Å². The highest BCUT2D eigenvalue weighted by molar-refractivity contribution is 6.01. The fourth-order valence-corrected chi connectivity index (χ4v) is 2.55. The van der Waals surface area contributed by atoms with Gasteiger partial charge in [-0.2, -0.15) is 0 Å². The molecule has 2 N–H and O–H groups in total. The third-order valence-corrected chi connectivity index (χ3v) is 3.72. The fourth-order valence-electron chi connectivity index (χ4n) is 2.55. The smallest absolute Gasteiger partial charge is 0.249 e. The fraction of sp³-hybridized carbons (Fsp3) is 0.467. The number of nitrogens with zero attached hydrogens (tertiary/aromatic N) is 2. The molecule has 0 spiro atoms. The predicted octanol–water partition coefficient (Wildman–Crippen LogP) is 0.646. The van der Waals surface area contributed by atoms with Gasteiger partial charge < -0.3 is 20.3 Å². The summed E-state index contributed by atoms with van der Waals surface area (Å²) in [6.07, 6.45) is 0.607. The molecule has 1 heterocycles. The molecule has 1 fully saturated rings. The number of hydrogen-bond donors (Lipinski definition) is 1. The van der Waals surface area contributed by atoms with E-state index >= 15 is 0 Å². The summed E-state index contributed by atoms with van der Waals surface area (Å²) in [6, 6.07) is 8.26. The summed E-state index contributed by atoms with van der Waals surface area (Å²) >= 11 is 0. The van der Waals surface area contributed by atoms with E-state index in [0.29, 0.717) is 13.0 Å². The van der Waals surface area contributed by atoms with Crippen LogP contribution in [-0.4, -0.2) is 56.1 Å². The molecule has 1 aromatic rings. The number of para-hydroxylation sites is 1. The van der Waals surface area contributed by atoms with Crippen molar-refractivity contribution in [2.45, 2.75) is 18.5 Å². The molecular weight excluding hydrogens is 306 g/mol. The lowest BCUT2D eigenvalue weighted by Crippen LogP contribution is -2.50. The monoisotopic (exact) mass is 327 g/mol. The number of methoxy groups -OCH3 is 1. The van der Waals surface area contributed by atoms with Gasteiger partial charge in [0.2, 0.25) is 11.8 Å². The van der Waals surface area contributed by atoms with Gasteiger partial charge in [0, 0.05) is 26.4 Å². The molecule has 22 heavy (non-hydrogen) atoms. The van der Waals surface area contributed by atoms with Crippen molar-refractivity contribution in [3.63, 3.8) is 0 Å². The molecule has 0 radical (unpaired) electrons. The van der Waals surface area contributed by atoms with Crippen molar-refractivity contribution in [3.05, 3.63) is 30.3 Å². The lowest BCUT2D eigenvalue weighted by atomic mass is 10.2. The minimum Gasteiger partial charge on any atom is -0.383 e.